The third kappa shape index (κ3) is 4.36. The van der Waals surface area contributed by atoms with Crippen molar-refractivity contribution < 1.29 is 4.79 Å². The number of benzene rings is 1. The lowest BCUT2D eigenvalue weighted by Gasteiger charge is -2.34. The average Bonchev–Trinajstić information content (AvgIpc) is 3.22. The molecule has 4 rings (SSSR count). The van der Waals surface area contributed by atoms with Gasteiger partial charge in [-0.05, 0) is 54.3 Å². The van der Waals surface area contributed by atoms with E-state index >= 15 is 0 Å². The molecule has 0 saturated carbocycles. The van der Waals surface area contributed by atoms with E-state index in [4.69, 9.17) is 0 Å². The first-order chi connectivity index (χ1) is 14.1. The van der Waals surface area contributed by atoms with Crippen molar-refractivity contribution in [2.45, 2.75) is 39.7 Å². The predicted octanol–water partition coefficient (Wildman–Crippen LogP) is 2.48. The minimum atomic E-state index is 0.0695. The molecule has 3 aromatic rings. The minimum absolute atomic E-state index is 0.0695. The molecule has 0 unspecified atom stereocenters. The van der Waals surface area contributed by atoms with E-state index < -0.39 is 0 Å². The molecular weight excluding hydrogens is 366 g/mol. The van der Waals surface area contributed by atoms with Gasteiger partial charge < -0.3 is 9.80 Å². The second-order valence-corrected chi connectivity index (χ2v) is 7.72. The van der Waals surface area contributed by atoms with E-state index in [2.05, 4.69) is 63.6 Å². The van der Waals surface area contributed by atoms with Crippen LogP contribution in [0.2, 0.25) is 0 Å². The number of fused-ring (bicyclic) bond motifs is 1. The molecule has 0 N–H and O–H groups in total. The Morgan fingerprint density at radius 1 is 1.14 bits per heavy atom. The van der Waals surface area contributed by atoms with Crippen LogP contribution in [-0.4, -0.2) is 55.7 Å². The first-order valence-electron chi connectivity index (χ1n) is 10.3. The highest BCUT2D eigenvalue weighted by molar-refractivity contribution is 5.79. The van der Waals surface area contributed by atoms with E-state index in [9.17, 15) is 4.79 Å². The Morgan fingerprint density at radius 3 is 2.62 bits per heavy atom. The Bertz CT molecular complexity index is 961. The van der Waals surface area contributed by atoms with Crippen LogP contribution in [0.25, 0.3) is 5.65 Å². The van der Waals surface area contributed by atoms with Crippen LogP contribution < -0.4 is 4.90 Å². The van der Waals surface area contributed by atoms with Crippen LogP contribution in [-0.2, 0) is 11.3 Å². The quantitative estimate of drug-likeness (QED) is 0.640. The number of aromatic nitrogens is 5. The third-order valence-electron chi connectivity index (χ3n) is 5.52. The molecule has 2 aromatic heterocycles. The summed E-state index contributed by atoms with van der Waals surface area (Å²) >= 11 is 0. The van der Waals surface area contributed by atoms with Gasteiger partial charge in [0.1, 0.15) is 0 Å². The molecular formula is C21H27N7O. The van der Waals surface area contributed by atoms with Gasteiger partial charge in [-0.25, -0.2) is 0 Å². The summed E-state index contributed by atoms with van der Waals surface area (Å²) < 4.78 is 1.44. The van der Waals surface area contributed by atoms with Gasteiger partial charge in [0.2, 0.25) is 5.91 Å². The molecule has 152 valence electrons. The van der Waals surface area contributed by atoms with E-state index in [0.29, 0.717) is 12.2 Å². The first-order valence-corrected chi connectivity index (χ1v) is 10.3. The molecule has 1 amide bonds. The number of hydrogen-bond donors (Lipinski definition) is 0. The Hall–Kier alpha value is -3.03. The van der Waals surface area contributed by atoms with Crippen LogP contribution in [0, 0.1) is 12.8 Å². The lowest BCUT2D eigenvalue weighted by Crippen LogP contribution is -2.43. The van der Waals surface area contributed by atoms with Gasteiger partial charge in [0.25, 0.3) is 0 Å². The van der Waals surface area contributed by atoms with E-state index in [1.807, 2.05) is 17.0 Å². The van der Waals surface area contributed by atoms with E-state index in [-0.39, 0.29) is 11.8 Å². The van der Waals surface area contributed by atoms with Crippen LogP contribution in [0.5, 0.6) is 0 Å². The van der Waals surface area contributed by atoms with Gasteiger partial charge in [-0.3, -0.25) is 4.79 Å². The molecule has 1 fully saturated rings. The van der Waals surface area contributed by atoms with E-state index in [0.717, 1.165) is 44.7 Å². The van der Waals surface area contributed by atoms with Crippen LogP contribution in [0.4, 0.5) is 5.82 Å². The number of hydrogen-bond acceptors (Lipinski definition) is 6. The number of piperidine rings is 1. The minimum Gasteiger partial charge on any atom is -0.355 e. The zero-order chi connectivity index (χ0) is 20.2. The molecule has 1 saturated heterocycles. The maximum atomic E-state index is 13.2. The van der Waals surface area contributed by atoms with Crippen molar-refractivity contribution in [2.75, 3.05) is 24.5 Å². The molecule has 0 spiro atoms. The van der Waals surface area contributed by atoms with Gasteiger partial charge in [0.15, 0.2) is 11.5 Å². The van der Waals surface area contributed by atoms with Crippen molar-refractivity contribution in [1.29, 1.82) is 0 Å². The molecule has 8 heteroatoms. The normalized spacial score (nSPS) is 15.0. The Morgan fingerprint density at radius 2 is 1.90 bits per heavy atom. The van der Waals surface area contributed by atoms with Crippen LogP contribution >= 0.6 is 0 Å². The lowest BCUT2D eigenvalue weighted by molar-refractivity contribution is -0.136. The Kier molecular flexibility index (Phi) is 5.69. The number of carbonyl (C=O) groups is 1. The highest BCUT2D eigenvalue weighted by Crippen LogP contribution is 2.24. The number of nitrogens with zero attached hydrogens (tertiary/aromatic N) is 7. The largest absolute Gasteiger partial charge is 0.355 e. The summed E-state index contributed by atoms with van der Waals surface area (Å²) in [5.41, 5.74) is 3.06. The van der Waals surface area contributed by atoms with Crippen molar-refractivity contribution in [3.8, 4) is 0 Å². The molecule has 29 heavy (non-hydrogen) atoms. The highest BCUT2D eigenvalue weighted by Gasteiger charge is 2.29. The van der Waals surface area contributed by atoms with Crippen molar-refractivity contribution >= 4 is 17.4 Å². The second kappa shape index (κ2) is 8.55. The number of amides is 1. The van der Waals surface area contributed by atoms with Crippen molar-refractivity contribution in [2.24, 2.45) is 5.92 Å². The predicted molar refractivity (Wildman–Crippen MR) is 110 cm³/mol. The van der Waals surface area contributed by atoms with Gasteiger partial charge in [0, 0.05) is 32.1 Å². The number of rotatable bonds is 6. The average molecular weight is 393 g/mol. The van der Waals surface area contributed by atoms with E-state index in [1.54, 1.807) is 0 Å². The lowest BCUT2D eigenvalue weighted by atomic mass is 9.95. The van der Waals surface area contributed by atoms with Gasteiger partial charge in [-0.15, -0.1) is 14.8 Å². The number of tetrazole rings is 1. The zero-order valence-corrected chi connectivity index (χ0v) is 17.0. The standard InChI is InChI=1S/C21H27N7O/c1-3-12-27(15-17-6-4-16(2)5-7-17)21(29)18-10-13-26(14-11-18)20-9-8-19-22-24-25-28(19)23-20/h4-9,18H,3,10-15H2,1-2H3. The second-order valence-electron chi connectivity index (χ2n) is 7.72. The molecule has 1 aliphatic rings. The first kappa shape index (κ1) is 19.3. The summed E-state index contributed by atoms with van der Waals surface area (Å²) in [6, 6.07) is 12.3. The zero-order valence-electron chi connectivity index (χ0n) is 17.0. The molecule has 0 aliphatic carbocycles. The molecule has 3 heterocycles. The van der Waals surface area contributed by atoms with E-state index in [1.165, 1.54) is 15.8 Å². The molecule has 0 bridgehead atoms. The SMILES string of the molecule is CCCN(Cc1ccc(C)cc1)C(=O)C1CCN(c2ccc3nnnn3n2)CC1. The monoisotopic (exact) mass is 393 g/mol. The number of carbonyl (C=O) groups excluding carboxylic acids is 1. The van der Waals surface area contributed by atoms with Gasteiger partial charge in [-0.2, -0.15) is 0 Å². The fraction of sp³-hybridized carbons (Fsp3) is 0.476. The molecule has 8 nitrogen and oxygen atoms in total. The number of anilines is 1. The summed E-state index contributed by atoms with van der Waals surface area (Å²) in [4.78, 5) is 17.4. The van der Waals surface area contributed by atoms with Crippen molar-refractivity contribution in [3.05, 3.63) is 47.5 Å². The highest BCUT2D eigenvalue weighted by atomic mass is 16.2. The summed E-state index contributed by atoms with van der Waals surface area (Å²) in [5, 5.41) is 15.8. The Balaban J connectivity index is 1.38. The molecule has 1 aliphatic heterocycles. The number of aryl methyl sites for hydroxylation is 1. The van der Waals surface area contributed by atoms with Crippen molar-refractivity contribution in [1.82, 2.24) is 30.2 Å². The fourth-order valence-corrected chi connectivity index (χ4v) is 3.87. The summed E-state index contributed by atoms with van der Waals surface area (Å²) in [5.74, 6) is 1.19. The summed E-state index contributed by atoms with van der Waals surface area (Å²) in [6.07, 6.45) is 2.64. The van der Waals surface area contributed by atoms with Crippen LogP contribution in [0.3, 0.4) is 0 Å². The van der Waals surface area contributed by atoms with Crippen LogP contribution in [0.1, 0.15) is 37.3 Å². The smallest absolute Gasteiger partial charge is 0.226 e. The molecule has 0 radical (unpaired) electrons. The topological polar surface area (TPSA) is 79.5 Å². The maximum absolute atomic E-state index is 13.2. The van der Waals surface area contributed by atoms with Crippen LogP contribution in [0.15, 0.2) is 36.4 Å². The van der Waals surface area contributed by atoms with Gasteiger partial charge >= 0.3 is 0 Å². The third-order valence-corrected chi connectivity index (χ3v) is 5.52. The maximum Gasteiger partial charge on any atom is 0.226 e. The fourth-order valence-electron chi connectivity index (χ4n) is 3.87. The molecule has 0 atom stereocenters. The van der Waals surface area contributed by atoms with Gasteiger partial charge in [0.05, 0.1) is 0 Å². The summed E-state index contributed by atoms with van der Waals surface area (Å²) in [7, 11) is 0. The Labute approximate surface area is 170 Å². The molecule has 1 aromatic carbocycles. The summed E-state index contributed by atoms with van der Waals surface area (Å²) in [6.45, 7) is 7.30. The van der Waals surface area contributed by atoms with Crippen molar-refractivity contribution in [3.63, 3.8) is 0 Å². The van der Waals surface area contributed by atoms with Gasteiger partial charge in [-0.1, -0.05) is 36.8 Å².